The highest BCUT2D eigenvalue weighted by atomic mass is 31.2. The van der Waals surface area contributed by atoms with Gasteiger partial charge in [-0.1, -0.05) is 11.2 Å². The first-order valence-electron chi connectivity index (χ1n) is 9.85. The molecule has 11 nitrogen and oxygen atoms in total. The number of ether oxygens (including phenoxy) is 1. The average molecular weight is 488 g/mol. The van der Waals surface area contributed by atoms with E-state index in [2.05, 4.69) is 19.6 Å². The van der Waals surface area contributed by atoms with Gasteiger partial charge in [-0.15, -0.1) is 0 Å². The molecule has 176 valence electrons. The second kappa shape index (κ2) is 10.1. The highest BCUT2D eigenvalue weighted by Crippen LogP contribution is 2.41. The SMILES string of the molecule is COP(=O)(O)OC[n+]1cccc(-c2cc(Cc3ccc(Oc4ncccn4)c(F)c3)no2)c1N. The van der Waals surface area contributed by atoms with Crippen LogP contribution in [0.1, 0.15) is 11.3 Å². The summed E-state index contributed by atoms with van der Waals surface area (Å²) in [6, 6.07) is 11.2. The molecule has 34 heavy (non-hydrogen) atoms. The van der Waals surface area contributed by atoms with Crippen LogP contribution in [0, 0.1) is 5.82 Å². The van der Waals surface area contributed by atoms with E-state index in [0.717, 1.165) is 7.11 Å². The maximum atomic E-state index is 14.5. The third-order valence-corrected chi connectivity index (χ3v) is 5.56. The minimum atomic E-state index is -4.17. The topological polar surface area (TPSA) is 147 Å². The van der Waals surface area contributed by atoms with Crippen molar-refractivity contribution in [3.63, 3.8) is 0 Å². The third-order valence-electron chi connectivity index (χ3n) is 4.65. The summed E-state index contributed by atoms with van der Waals surface area (Å²) in [4.78, 5) is 17.2. The van der Waals surface area contributed by atoms with Gasteiger partial charge in [0.05, 0.1) is 11.9 Å². The Bertz CT molecular complexity index is 1340. The molecule has 4 aromatic rings. The second-order valence-electron chi connectivity index (χ2n) is 6.94. The van der Waals surface area contributed by atoms with Crippen LogP contribution in [0.5, 0.6) is 11.8 Å². The Morgan fingerprint density at radius 1 is 1.21 bits per heavy atom. The molecule has 0 spiro atoms. The molecule has 0 fully saturated rings. The molecule has 0 saturated carbocycles. The zero-order valence-corrected chi connectivity index (χ0v) is 18.8. The van der Waals surface area contributed by atoms with Gasteiger partial charge in [0.2, 0.25) is 6.73 Å². The molecule has 1 atom stereocenters. The number of phosphoric acid groups is 1. The zero-order chi connectivity index (χ0) is 24.1. The fourth-order valence-corrected chi connectivity index (χ4v) is 3.35. The molecule has 0 bridgehead atoms. The van der Waals surface area contributed by atoms with Crippen molar-refractivity contribution in [2.45, 2.75) is 13.2 Å². The highest BCUT2D eigenvalue weighted by molar-refractivity contribution is 7.47. The molecule has 4 rings (SSSR count). The maximum absolute atomic E-state index is 14.5. The van der Waals surface area contributed by atoms with E-state index in [1.54, 1.807) is 36.5 Å². The summed E-state index contributed by atoms with van der Waals surface area (Å²) in [5.74, 6) is 0.0131. The highest BCUT2D eigenvalue weighted by Gasteiger charge is 2.23. The lowest BCUT2D eigenvalue weighted by atomic mass is 10.1. The van der Waals surface area contributed by atoms with Gasteiger partial charge in [-0.2, -0.15) is 0 Å². The summed E-state index contributed by atoms with van der Waals surface area (Å²) in [5.41, 5.74) is 7.83. The van der Waals surface area contributed by atoms with E-state index in [4.69, 9.17) is 19.5 Å². The number of hydrogen-bond acceptors (Lipinski definition) is 9. The van der Waals surface area contributed by atoms with Crippen molar-refractivity contribution in [1.29, 1.82) is 0 Å². The predicted molar refractivity (Wildman–Crippen MR) is 116 cm³/mol. The second-order valence-corrected chi connectivity index (χ2v) is 8.50. The lowest BCUT2D eigenvalue weighted by Gasteiger charge is -2.09. The molecule has 0 amide bonds. The van der Waals surface area contributed by atoms with Crippen LogP contribution in [-0.2, 0) is 26.8 Å². The summed E-state index contributed by atoms with van der Waals surface area (Å²) in [7, 11) is -3.11. The van der Waals surface area contributed by atoms with Gasteiger partial charge in [-0.25, -0.2) is 28.0 Å². The largest absolute Gasteiger partial charge is 0.475 e. The van der Waals surface area contributed by atoms with Crippen molar-refractivity contribution in [1.82, 2.24) is 15.1 Å². The Hall–Kier alpha value is -3.70. The van der Waals surface area contributed by atoms with Crippen molar-refractivity contribution < 1.29 is 36.7 Å². The lowest BCUT2D eigenvalue weighted by Crippen LogP contribution is -2.38. The number of benzene rings is 1. The molecule has 13 heteroatoms. The lowest BCUT2D eigenvalue weighted by molar-refractivity contribution is -0.711. The molecular weight excluding hydrogens is 468 g/mol. The van der Waals surface area contributed by atoms with Crippen molar-refractivity contribution in [2.24, 2.45) is 0 Å². The van der Waals surface area contributed by atoms with E-state index < -0.39 is 13.6 Å². The Morgan fingerprint density at radius 2 is 2.00 bits per heavy atom. The molecule has 3 heterocycles. The van der Waals surface area contributed by atoms with Crippen LogP contribution >= 0.6 is 7.82 Å². The van der Waals surface area contributed by atoms with Crippen molar-refractivity contribution in [2.75, 3.05) is 12.8 Å². The average Bonchev–Trinajstić information content (AvgIpc) is 3.29. The number of aromatic nitrogens is 4. The van der Waals surface area contributed by atoms with E-state index >= 15 is 0 Å². The summed E-state index contributed by atoms with van der Waals surface area (Å²) in [5, 5.41) is 4.03. The van der Waals surface area contributed by atoms with Gasteiger partial charge in [0.15, 0.2) is 17.3 Å². The van der Waals surface area contributed by atoms with Crippen LogP contribution in [0.25, 0.3) is 11.3 Å². The molecule has 0 saturated heterocycles. The van der Waals surface area contributed by atoms with Crippen molar-refractivity contribution in [3.8, 4) is 23.1 Å². The molecular formula is C21H20FN5O6P+. The van der Waals surface area contributed by atoms with Gasteiger partial charge in [0, 0.05) is 32.0 Å². The molecule has 3 aromatic heterocycles. The van der Waals surface area contributed by atoms with Gasteiger partial charge in [-0.3, -0.25) is 10.3 Å². The van der Waals surface area contributed by atoms with Crippen LogP contribution in [0.4, 0.5) is 10.2 Å². The first-order valence-corrected chi connectivity index (χ1v) is 11.3. The maximum Gasteiger partial charge on any atom is 0.475 e. The number of nitrogen functional groups attached to an aromatic ring is 1. The van der Waals surface area contributed by atoms with Gasteiger partial charge in [-0.05, 0) is 35.9 Å². The van der Waals surface area contributed by atoms with Crippen LogP contribution in [-0.4, -0.2) is 27.1 Å². The summed E-state index contributed by atoms with van der Waals surface area (Å²) >= 11 is 0. The molecule has 0 radical (unpaired) electrons. The fraction of sp³-hybridized carbons (Fsp3) is 0.143. The number of nitrogens with two attached hydrogens (primary N) is 1. The van der Waals surface area contributed by atoms with Gasteiger partial charge < -0.3 is 14.2 Å². The van der Waals surface area contributed by atoms with E-state index in [1.165, 1.54) is 29.1 Å². The van der Waals surface area contributed by atoms with Crippen LogP contribution in [0.2, 0.25) is 0 Å². The minimum absolute atomic E-state index is 0.000485. The number of anilines is 1. The van der Waals surface area contributed by atoms with Gasteiger partial charge >= 0.3 is 13.8 Å². The van der Waals surface area contributed by atoms with Gasteiger partial charge in [0.25, 0.3) is 5.82 Å². The third kappa shape index (κ3) is 5.61. The van der Waals surface area contributed by atoms with Crippen LogP contribution in [0.15, 0.2) is 65.6 Å². The van der Waals surface area contributed by atoms with Crippen molar-refractivity contribution in [3.05, 3.63) is 78.1 Å². The monoisotopic (exact) mass is 488 g/mol. The number of halogens is 1. The number of pyridine rings is 1. The van der Waals surface area contributed by atoms with E-state index in [9.17, 15) is 13.8 Å². The molecule has 0 aliphatic heterocycles. The predicted octanol–water partition coefficient (Wildman–Crippen LogP) is 3.24. The Kier molecular flexibility index (Phi) is 6.94. The Labute approximate surface area is 193 Å². The van der Waals surface area contributed by atoms with E-state index in [1.807, 2.05) is 0 Å². The summed E-state index contributed by atoms with van der Waals surface area (Å²) in [6.07, 6.45) is 4.85. The number of nitrogens with zero attached hydrogens (tertiary/aromatic N) is 4. The smallest absolute Gasteiger partial charge is 0.421 e. The fourth-order valence-electron chi connectivity index (χ4n) is 2.98. The summed E-state index contributed by atoms with van der Waals surface area (Å²) < 4.78 is 47.4. The summed E-state index contributed by atoms with van der Waals surface area (Å²) in [6.45, 7) is -0.315. The molecule has 1 aromatic carbocycles. The molecule has 0 aliphatic rings. The van der Waals surface area contributed by atoms with Crippen LogP contribution < -0.4 is 15.0 Å². The standard InChI is InChI=1S/C21H19FN5O6P/c1-30-34(28,29)31-13-27-9-2-4-16(20(27)23)19-12-15(26-33-19)10-14-5-6-18(17(22)11-14)32-21-24-7-3-8-25-21/h2-9,11-12,23H,10,13H2,1H3,(H,28,29)/p+1. The van der Waals surface area contributed by atoms with Gasteiger partial charge in [0.1, 0.15) is 5.56 Å². The minimum Gasteiger partial charge on any atom is -0.421 e. The molecule has 1 unspecified atom stereocenters. The van der Waals surface area contributed by atoms with E-state index in [-0.39, 0.29) is 24.3 Å². The Morgan fingerprint density at radius 3 is 2.74 bits per heavy atom. The first kappa shape index (κ1) is 23.5. The Balaban J connectivity index is 1.47. The number of phosphoric ester groups is 1. The first-order chi connectivity index (χ1) is 16.3. The number of rotatable bonds is 9. The van der Waals surface area contributed by atoms with Crippen LogP contribution in [0.3, 0.4) is 0 Å². The zero-order valence-electron chi connectivity index (χ0n) is 17.9. The van der Waals surface area contributed by atoms with E-state index in [0.29, 0.717) is 29.0 Å². The number of hydrogen-bond donors (Lipinski definition) is 2. The van der Waals surface area contributed by atoms with Crippen molar-refractivity contribution >= 4 is 13.6 Å². The quantitative estimate of drug-likeness (QED) is 0.266. The molecule has 0 aliphatic carbocycles. The normalized spacial score (nSPS) is 12.9. The molecule has 3 N–H and O–H groups in total.